The molecule has 2 heterocycles. The number of carbonyl (C=O) groups is 2. The van der Waals surface area contributed by atoms with E-state index in [1.54, 1.807) is 6.07 Å². The lowest BCUT2D eigenvalue weighted by Gasteiger charge is -2.37. The first-order chi connectivity index (χ1) is 17.1. The molecule has 0 radical (unpaired) electrons. The zero-order valence-corrected chi connectivity index (χ0v) is 21.7. The standard InChI is InChI=1S/C25H28F3N3O5S/c1-15(25(26,27)28)36-21-8-6-17(37(4,34)35)14-19(21)23(33)31-11-9-30(10-12-31)16-5-7-18-20(13-16)24(2,3)29-22(18)32/h5-8,13-15H,9-12H2,1-4H3,(H,29,32)/t15-/m0/s1. The maximum atomic E-state index is 13.4. The van der Waals surface area contributed by atoms with E-state index in [-0.39, 0.29) is 35.2 Å². The molecule has 2 amide bonds. The monoisotopic (exact) mass is 539 g/mol. The lowest BCUT2D eigenvalue weighted by atomic mass is 9.94. The van der Waals surface area contributed by atoms with E-state index in [4.69, 9.17) is 4.74 Å². The summed E-state index contributed by atoms with van der Waals surface area (Å²) < 4.78 is 68.4. The molecule has 12 heteroatoms. The highest BCUT2D eigenvalue weighted by molar-refractivity contribution is 7.90. The number of nitrogens with one attached hydrogen (secondary N) is 1. The Kier molecular flexibility index (Phi) is 6.68. The molecule has 37 heavy (non-hydrogen) atoms. The van der Waals surface area contributed by atoms with Gasteiger partial charge in [-0.1, -0.05) is 0 Å². The summed E-state index contributed by atoms with van der Waals surface area (Å²) in [6.07, 6.45) is -5.90. The Bertz CT molecular complexity index is 1350. The predicted molar refractivity (Wildman–Crippen MR) is 131 cm³/mol. The topological polar surface area (TPSA) is 96.0 Å². The Morgan fingerprint density at radius 1 is 1.08 bits per heavy atom. The maximum absolute atomic E-state index is 13.4. The molecule has 1 fully saturated rings. The smallest absolute Gasteiger partial charge is 0.425 e. The molecule has 200 valence electrons. The number of piperazine rings is 1. The minimum Gasteiger partial charge on any atom is -0.480 e. The van der Waals surface area contributed by atoms with Gasteiger partial charge >= 0.3 is 6.18 Å². The van der Waals surface area contributed by atoms with Crippen molar-refractivity contribution in [1.82, 2.24) is 10.2 Å². The fourth-order valence-electron chi connectivity index (χ4n) is 4.47. The highest BCUT2D eigenvalue weighted by Crippen LogP contribution is 2.34. The number of ether oxygens (including phenoxy) is 1. The van der Waals surface area contributed by atoms with Gasteiger partial charge in [0.2, 0.25) is 0 Å². The number of benzene rings is 2. The zero-order chi connectivity index (χ0) is 27.3. The maximum Gasteiger partial charge on any atom is 0.425 e. The van der Waals surface area contributed by atoms with Gasteiger partial charge in [-0.15, -0.1) is 0 Å². The van der Waals surface area contributed by atoms with E-state index in [2.05, 4.69) is 10.2 Å². The van der Waals surface area contributed by atoms with Crippen LogP contribution in [-0.2, 0) is 15.4 Å². The Labute approximate surface area is 213 Å². The van der Waals surface area contributed by atoms with Gasteiger partial charge in [0, 0.05) is 43.7 Å². The molecule has 0 aromatic heterocycles. The van der Waals surface area contributed by atoms with Crippen molar-refractivity contribution < 1.29 is 35.9 Å². The van der Waals surface area contributed by atoms with Crippen LogP contribution in [0.4, 0.5) is 18.9 Å². The first kappa shape index (κ1) is 26.8. The van der Waals surface area contributed by atoms with E-state index in [0.717, 1.165) is 42.6 Å². The third-order valence-corrected chi connectivity index (χ3v) is 7.76. The highest BCUT2D eigenvalue weighted by Gasteiger charge is 2.39. The lowest BCUT2D eigenvalue weighted by molar-refractivity contribution is -0.189. The first-order valence-corrected chi connectivity index (χ1v) is 13.6. The molecule has 2 aliphatic heterocycles. The number of carbonyl (C=O) groups excluding carboxylic acids is 2. The van der Waals surface area contributed by atoms with Crippen LogP contribution in [0.1, 0.15) is 47.1 Å². The summed E-state index contributed by atoms with van der Waals surface area (Å²) in [4.78, 5) is 28.9. The Morgan fingerprint density at radius 2 is 1.73 bits per heavy atom. The fourth-order valence-corrected chi connectivity index (χ4v) is 5.11. The molecule has 1 atom stereocenters. The number of hydrogen-bond donors (Lipinski definition) is 1. The molecule has 0 saturated carbocycles. The van der Waals surface area contributed by atoms with E-state index in [1.165, 1.54) is 4.90 Å². The van der Waals surface area contributed by atoms with Crippen molar-refractivity contribution in [3.8, 4) is 5.75 Å². The van der Waals surface area contributed by atoms with E-state index < -0.39 is 33.6 Å². The third-order valence-electron chi connectivity index (χ3n) is 6.65. The number of halogens is 3. The van der Waals surface area contributed by atoms with E-state index >= 15 is 0 Å². The van der Waals surface area contributed by atoms with Crippen LogP contribution in [0.5, 0.6) is 5.75 Å². The van der Waals surface area contributed by atoms with Crippen molar-refractivity contribution in [3.05, 3.63) is 53.1 Å². The van der Waals surface area contributed by atoms with Crippen molar-refractivity contribution in [2.24, 2.45) is 0 Å². The van der Waals surface area contributed by atoms with Crippen LogP contribution in [0.3, 0.4) is 0 Å². The van der Waals surface area contributed by atoms with Gasteiger partial charge in [-0.2, -0.15) is 13.2 Å². The van der Waals surface area contributed by atoms with Crippen molar-refractivity contribution in [2.45, 2.75) is 43.5 Å². The summed E-state index contributed by atoms with van der Waals surface area (Å²) in [5, 5.41) is 2.94. The van der Waals surface area contributed by atoms with Gasteiger partial charge in [0.15, 0.2) is 15.9 Å². The number of hydrogen-bond acceptors (Lipinski definition) is 6. The summed E-state index contributed by atoms with van der Waals surface area (Å²) >= 11 is 0. The third kappa shape index (κ3) is 5.39. The van der Waals surface area contributed by atoms with Crippen molar-refractivity contribution in [1.29, 1.82) is 0 Å². The van der Waals surface area contributed by atoms with Gasteiger partial charge in [0.25, 0.3) is 11.8 Å². The number of anilines is 1. The van der Waals surface area contributed by atoms with Crippen LogP contribution in [0.25, 0.3) is 0 Å². The second-order valence-electron chi connectivity index (χ2n) is 9.82. The Hall–Kier alpha value is -3.28. The van der Waals surface area contributed by atoms with Gasteiger partial charge in [-0.3, -0.25) is 9.59 Å². The van der Waals surface area contributed by atoms with Crippen molar-refractivity contribution in [2.75, 3.05) is 37.3 Å². The van der Waals surface area contributed by atoms with Crippen LogP contribution in [-0.4, -0.2) is 69.8 Å². The van der Waals surface area contributed by atoms with E-state index in [1.807, 2.05) is 26.0 Å². The lowest BCUT2D eigenvalue weighted by Crippen LogP contribution is -2.49. The molecule has 0 bridgehead atoms. The quantitative estimate of drug-likeness (QED) is 0.626. The zero-order valence-electron chi connectivity index (χ0n) is 20.8. The van der Waals surface area contributed by atoms with Crippen LogP contribution < -0.4 is 15.0 Å². The highest BCUT2D eigenvalue weighted by atomic mass is 32.2. The van der Waals surface area contributed by atoms with Gasteiger partial charge in [-0.05, 0) is 62.7 Å². The molecule has 1 N–H and O–H groups in total. The SMILES string of the molecule is C[C@H](Oc1ccc(S(C)(=O)=O)cc1C(=O)N1CCN(c2ccc3c(c2)C(C)(C)NC3=O)CC1)C(F)(F)F. The molecule has 8 nitrogen and oxygen atoms in total. The van der Waals surface area contributed by atoms with Crippen molar-refractivity contribution >= 4 is 27.3 Å². The molecule has 2 aromatic rings. The van der Waals surface area contributed by atoms with Crippen molar-refractivity contribution in [3.63, 3.8) is 0 Å². The van der Waals surface area contributed by atoms with Crippen LogP contribution in [0.15, 0.2) is 41.3 Å². The number of fused-ring (bicyclic) bond motifs is 1. The number of sulfone groups is 1. The molecule has 4 rings (SSSR count). The molecule has 2 aliphatic rings. The Balaban J connectivity index is 1.55. The minimum atomic E-state index is -4.66. The molecule has 0 aliphatic carbocycles. The second-order valence-corrected chi connectivity index (χ2v) is 11.8. The van der Waals surface area contributed by atoms with Gasteiger partial charge in [0.1, 0.15) is 5.75 Å². The second kappa shape index (κ2) is 9.23. The number of amides is 2. The average molecular weight is 540 g/mol. The minimum absolute atomic E-state index is 0.129. The van der Waals surface area contributed by atoms with Crippen LogP contribution in [0.2, 0.25) is 0 Å². The van der Waals surface area contributed by atoms with Gasteiger partial charge in [-0.25, -0.2) is 8.42 Å². The summed E-state index contributed by atoms with van der Waals surface area (Å²) in [5.41, 5.74) is 1.64. The van der Waals surface area contributed by atoms with Gasteiger partial charge in [0.05, 0.1) is 16.0 Å². The number of nitrogens with zero attached hydrogens (tertiary/aromatic N) is 2. The molecular weight excluding hydrogens is 511 g/mol. The summed E-state index contributed by atoms with van der Waals surface area (Å²) in [6, 6.07) is 8.84. The molecular formula is C25H28F3N3O5S. The summed E-state index contributed by atoms with van der Waals surface area (Å²) in [6.45, 7) is 6.04. The van der Waals surface area contributed by atoms with Crippen LogP contribution in [0, 0.1) is 0 Å². The predicted octanol–water partition coefficient (Wildman–Crippen LogP) is 3.36. The molecule has 0 unspecified atom stereocenters. The average Bonchev–Trinajstić information content (AvgIpc) is 3.05. The van der Waals surface area contributed by atoms with Gasteiger partial charge < -0.3 is 19.9 Å². The van der Waals surface area contributed by atoms with E-state index in [9.17, 15) is 31.2 Å². The number of alkyl halides is 3. The van der Waals surface area contributed by atoms with Crippen LogP contribution >= 0.6 is 0 Å². The Morgan fingerprint density at radius 3 is 2.32 bits per heavy atom. The largest absolute Gasteiger partial charge is 0.480 e. The first-order valence-electron chi connectivity index (χ1n) is 11.7. The summed E-state index contributed by atoms with van der Waals surface area (Å²) in [5.74, 6) is -1.07. The summed E-state index contributed by atoms with van der Waals surface area (Å²) in [7, 11) is -3.71. The van der Waals surface area contributed by atoms with E-state index in [0.29, 0.717) is 18.7 Å². The molecule has 0 spiro atoms. The normalized spacial score (nSPS) is 18.3. The molecule has 2 aromatic carbocycles. The number of rotatable bonds is 5. The molecule has 1 saturated heterocycles. The fraction of sp³-hybridized carbons (Fsp3) is 0.440.